The van der Waals surface area contributed by atoms with E-state index in [1.807, 2.05) is 18.3 Å². The number of hydrogen-bond acceptors (Lipinski definition) is 5. The Hall–Kier alpha value is -0.793. The molecule has 0 saturated carbocycles. The fraction of sp³-hybridized carbons (Fsp3) is 0.667. The highest BCUT2D eigenvalue weighted by molar-refractivity contribution is 6.71. The first-order chi connectivity index (χ1) is 10.0. The first-order valence-corrected chi connectivity index (χ1v) is 10.6. The molecule has 1 atom stereocenters. The molecule has 6 heteroatoms. The van der Waals surface area contributed by atoms with E-state index in [0.717, 1.165) is 18.0 Å². The van der Waals surface area contributed by atoms with Gasteiger partial charge in [-0.3, -0.25) is 4.98 Å². The maximum Gasteiger partial charge on any atom is 0.186 e. The lowest BCUT2D eigenvalue weighted by atomic mass is 10.3. The van der Waals surface area contributed by atoms with Crippen molar-refractivity contribution < 1.29 is 14.3 Å². The number of nitrogens with one attached hydrogen (secondary N) is 1. The summed E-state index contributed by atoms with van der Waals surface area (Å²) in [4.78, 5) is 4.05. The van der Waals surface area contributed by atoms with Crippen LogP contribution in [0.15, 0.2) is 24.5 Å². The van der Waals surface area contributed by atoms with Gasteiger partial charge in [0, 0.05) is 39.2 Å². The number of aliphatic hydroxyl groups is 1. The molecule has 1 rings (SSSR count). The normalized spacial score (nSPS) is 13.3. The Morgan fingerprint density at radius 2 is 2.24 bits per heavy atom. The lowest BCUT2D eigenvalue weighted by molar-refractivity contribution is 0.0369. The Morgan fingerprint density at radius 1 is 1.43 bits per heavy atom. The first-order valence-electron chi connectivity index (χ1n) is 7.44. The minimum atomic E-state index is -1.47. The first kappa shape index (κ1) is 18.3. The highest BCUT2D eigenvalue weighted by Crippen LogP contribution is 2.12. The highest BCUT2D eigenvalue weighted by atomic mass is 28.4. The van der Waals surface area contributed by atoms with E-state index in [9.17, 15) is 5.11 Å². The van der Waals surface area contributed by atoms with Gasteiger partial charge < -0.3 is 19.6 Å². The summed E-state index contributed by atoms with van der Waals surface area (Å²) in [6.45, 7) is 6.68. The smallest absolute Gasteiger partial charge is 0.186 e. The molecule has 5 nitrogen and oxygen atoms in total. The van der Waals surface area contributed by atoms with Gasteiger partial charge in [-0.15, -0.1) is 0 Å². The second-order valence-corrected chi connectivity index (χ2v) is 10.2. The van der Waals surface area contributed by atoms with Crippen molar-refractivity contribution in [2.24, 2.45) is 0 Å². The van der Waals surface area contributed by atoms with Crippen molar-refractivity contribution in [3.8, 4) is 0 Å². The van der Waals surface area contributed by atoms with Crippen molar-refractivity contribution in [2.45, 2.75) is 38.2 Å². The van der Waals surface area contributed by atoms with Crippen LogP contribution >= 0.6 is 0 Å². The van der Waals surface area contributed by atoms with E-state index >= 15 is 0 Å². The van der Waals surface area contributed by atoms with E-state index in [1.165, 1.54) is 0 Å². The monoisotopic (exact) mass is 312 g/mol. The Morgan fingerprint density at radius 3 is 2.90 bits per heavy atom. The van der Waals surface area contributed by atoms with E-state index in [-0.39, 0.29) is 0 Å². The lowest BCUT2D eigenvalue weighted by Crippen LogP contribution is -2.31. The average molecular weight is 312 g/mol. The SMILES string of the molecule is CO[Si](C)(C)CCCOCC(O)CNCc1cccnc1. The Balaban J connectivity index is 2.00. The quantitative estimate of drug-likeness (QED) is 0.482. The molecule has 2 N–H and O–H groups in total. The molecule has 1 aromatic heterocycles. The van der Waals surface area contributed by atoms with Crippen LogP contribution in [0.1, 0.15) is 12.0 Å². The van der Waals surface area contributed by atoms with Crippen molar-refractivity contribution in [2.75, 3.05) is 26.9 Å². The van der Waals surface area contributed by atoms with E-state index in [2.05, 4.69) is 23.4 Å². The summed E-state index contributed by atoms with van der Waals surface area (Å²) in [5.41, 5.74) is 1.11. The zero-order valence-corrected chi connectivity index (χ0v) is 14.3. The van der Waals surface area contributed by atoms with Crippen LogP contribution in [-0.2, 0) is 15.7 Å². The minimum absolute atomic E-state index is 0.370. The summed E-state index contributed by atoms with van der Waals surface area (Å²) in [6.07, 6.45) is 4.08. The maximum absolute atomic E-state index is 9.81. The molecular weight excluding hydrogens is 284 g/mol. The van der Waals surface area contributed by atoms with Gasteiger partial charge in [-0.05, 0) is 37.2 Å². The Labute approximate surface area is 128 Å². The van der Waals surface area contributed by atoms with Gasteiger partial charge in [-0.2, -0.15) is 0 Å². The van der Waals surface area contributed by atoms with E-state index in [0.29, 0.717) is 26.3 Å². The molecule has 1 aromatic rings. The predicted octanol–water partition coefficient (Wildman–Crippen LogP) is 1.79. The van der Waals surface area contributed by atoms with Crippen LogP contribution in [0.2, 0.25) is 19.1 Å². The fourth-order valence-corrected chi connectivity index (χ4v) is 3.07. The molecule has 0 aliphatic rings. The number of hydrogen-bond donors (Lipinski definition) is 2. The second kappa shape index (κ2) is 10.0. The van der Waals surface area contributed by atoms with Crippen molar-refractivity contribution in [1.82, 2.24) is 10.3 Å². The Bertz CT molecular complexity index is 376. The predicted molar refractivity (Wildman–Crippen MR) is 86.7 cm³/mol. The molecule has 0 aromatic carbocycles. The second-order valence-electron chi connectivity index (χ2n) is 5.79. The van der Waals surface area contributed by atoms with Gasteiger partial charge in [0.25, 0.3) is 0 Å². The highest BCUT2D eigenvalue weighted by Gasteiger charge is 2.19. The number of nitrogens with zero attached hydrogens (tertiary/aromatic N) is 1. The topological polar surface area (TPSA) is 63.6 Å². The molecule has 0 spiro atoms. The maximum atomic E-state index is 9.81. The molecule has 0 aliphatic heterocycles. The number of ether oxygens (including phenoxy) is 1. The Kier molecular flexibility index (Phi) is 8.71. The summed E-state index contributed by atoms with van der Waals surface area (Å²) in [7, 11) is 0.309. The summed E-state index contributed by atoms with van der Waals surface area (Å²) >= 11 is 0. The number of rotatable bonds is 11. The average Bonchev–Trinajstić information content (AvgIpc) is 2.48. The molecule has 1 heterocycles. The molecule has 0 radical (unpaired) electrons. The van der Waals surface area contributed by atoms with Crippen LogP contribution in [0.3, 0.4) is 0 Å². The van der Waals surface area contributed by atoms with Crippen LogP contribution in [0.25, 0.3) is 0 Å². The molecule has 0 amide bonds. The number of aromatic nitrogens is 1. The molecule has 120 valence electrons. The van der Waals surface area contributed by atoms with E-state index in [4.69, 9.17) is 9.16 Å². The summed E-state index contributed by atoms with van der Waals surface area (Å²) < 4.78 is 11.0. The number of pyridine rings is 1. The van der Waals surface area contributed by atoms with Crippen LogP contribution in [0, 0.1) is 0 Å². The van der Waals surface area contributed by atoms with Gasteiger partial charge in [0.2, 0.25) is 0 Å². The van der Waals surface area contributed by atoms with Gasteiger partial charge >= 0.3 is 0 Å². The molecule has 0 bridgehead atoms. The summed E-state index contributed by atoms with van der Waals surface area (Å²) in [5.74, 6) is 0. The van der Waals surface area contributed by atoms with Crippen LogP contribution in [0.4, 0.5) is 0 Å². The number of aliphatic hydroxyl groups excluding tert-OH is 1. The molecule has 0 saturated heterocycles. The third kappa shape index (κ3) is 8.95. The van der Waals surface area contributed by atoms with Crippen molar-refractivity contribution >= 4 is 8.32 Å². The van der Waals surface area contributed by atoms with Crippen LogP contribution in [0.5, 0.6) is 0 Å². The molecule has 0 aliphatic carbocycles. The zero-order valence-electron chi connectivity index (χ0n) is 13.3. The van der Waals surface area contributed by atoms with Gasteiger partial charge in [0.1, 0.15) is 0 Å². The van der Waals surface area contributed by atoms with Gasteiger partial charge in [0.05, 0.1) is 12.7 Å². The van der Waals surface area contributed by atoms with Gasteiger partial charge in [-0.25, -0.2) is 0 Å². The largest absolute Gasteiger partial charge is 0.420 e. The summed E-state index contributed by atoms with van der Waals surface area (Å²) in [5, 5.41) is 13.0. The molecular formula is C15H28N2O3Si. The third-order valence-electron chi connectivity index (χ3n) is 3.36. The summed E-state index contributed by atoms with van der Waals surface area (Å²) in [6, 6.07) is 4.99. The van der Waals surface area contributed by atoms with E-state index < -0.39 is 14.4 Å². The molecule has 1 unspecified atom stereocenters. The standard InChI is InChI=1S/C15H28N2O3Si/c1-19-21(2,3)9-5-8-20-13-15(18)12-17-11-14-6-4-7-16-10-14/h4,6-7,10,15,17-18H,5,8-9,11-13H2,1-3H3. The lowest BCUT2D eigenvalue weighted by Gasteiger charge is -2.19. The third-order valence-corrected chi connectivity index (χ3v) is 6.03. The van der Waals surface area contributed by atoms with E-state index in [1.54, 1.807) is 13.3 Å². The minimum Gasteiger partial charge on any atom is -0.420 e. The zero-order chi connectivity index (χ0) is 15.6. The molecule has 0 fully saturated rings. The van der Waals surface area contributed by atoms with Gasteiger partial charge in [0.15, 0.2) is 8.32 Å². The fourth-order valence-electron chi connectivity index (χ4n) is 1.87. The van der Waals surface area contributed by atoms with Gasteiger partial charge in [-0.1, -0.05) is 6.07 Å². The van der Waals surface area contributed by atoms with Crippen LogP contribution < -0.4 is 5.32 Å². The molecule has 21 heavy (non-hydrogen) atoms. The van der Waals surface area contributed by atoms with Crippen molar-refractivity contribution in [1.29, 1.82) is 0 Å². The van der Waals surface area contributed by atoms with Crippen molar-refractivity contribution in [3.05, 3.63) is 30.1 Å². The van der Waals surface area contributed by atoms with Crippen molar-refractivity contribution in [3.63, 3.8) is 0 Å². The van der Waals surface area contributed by atoms with Crippen LogP contribution in [-0.4, -0.2) is 51.4 Å².